The number of anilines is 2. The average Bonchev–Trinajstić information content (AvgIpc) is 2.52. The van der Waals surface area contributed by atoms with Gasteiger partial charge in [-0.1, -0.05) is 12.6 Å². The summed E-state index contributed by atoms with van der Waals surface area (Å²) in [5, 5.41) is 2.72. The largest absolute Gasteiger partial charge is 0.397 e. The van der Waals surface area contributed by atoms with Crippen molar-refractivity contribution in [2.24, 2.45) is 0 Å². The first-order valence-corrected chi connectivity index (χ1v) is 7.72. The molecule has 0 saturated carbocycles. The van der Waals surface area contributed by atoms with Gasteiger partial charge < -0.3 is 16.0 Å². The van der Waals surface area contributed by atoms with Crippen molar-refractivity contribution in [1.82, 2.24) is 9.80 Å². The Morgan fingerprint density at radius 3 is 2.78 bits per heavy atom. The quantitative estimate of drug-likeness (QED) is 0.651. The molecule has 0 bridgehead atoms. The zero-order chi connectivity index (χ0) is 17.0. The lowest BCUT2D eigenvalue weighted by Gasteiger charge is -2.39. The Hall–Kier alpha value is -2.34. The van der Waals surface area contributed by atoms with Gasteiger partial charge in [0.1, 0.15) is 0 Å². The molecule has 0 aliphatic carbocycles. The van der Waals surface area contributed by atoms with E-state index in [1.165, 1.54) is 6.08 Å². The number of rotatable bonds is 4. The van der Waals surface area contributed by atoms with Crippen LogP contribution in [0, 0.1) is 0 Å². The van der Waals surface area contributed by atoms with Crippen LogP contribution in [0.3, 0.4) is 0 Å². The summed E-state index contributed by atoms with van der Waals surface area (Å²) in [6.45, 7) is 10.2. The first-order valence-electron chi connectivity index (χ1n) is 7.72. The lowest BCUT2D eigenvalue weighted by molar-refractivity contribution is -0.131. The number of nitrogens with zero attached hydrogens (tertiary/aromatic N) is 2. The van der Waals surface area contributed by atoms with E-state index in [0.29, 0.717) is 11.4 Å². The summed E-state index contributed by atoms with van der Waals surface area (Å²) in [6.07, 6.45) is 1.22. The molecule has 0 aromatic heterocycles. The molecule has 6 nitrogen and oxygen atoms in total. The van der Waals surface area contributed by atoms with Gasteiger partial charge in [-0.3, -0.25) is 14.5 Å². The maximum absolute atomic E-state index is 11.5. The fourth-order valence-corrected chi connectivity index (χ4v) is 2.74. The fourth-order valence-electron chi connectivity index (χ4n) is 2.74. The number of nitrogen functional groups attached to an aromatic ring is 1. The minimum atomic E-state index is -0.280. The standard InChI is InChI=1S/C17H24N4O2/c1-4-17(23)19-16-9-14(5-6-15(16)18)11-20-7-8-21(13(3)22)10-12(20)2/h4-6,9,12H,1,7-8,10-11,18H2,2-3H3,(H,19,23). The SMILES string of the molecule is C=CC(=O)Nc1cc(CN2CCN(C(C)=O)CC2C)ccc1N. The maximum atomic E-state index is 11.5. The van der Waals surface area contributed by atoms with Gasteiger partial charge in [0.25, 0.3) is 0 Å². The Morgan fingerprint density at radius 2 is 2.17 bits per heavy atom. The van der Waals surface area contributed by atoms with Crippen LogP contribution in [0.1, 0.15) is 19.4 Å². The highest BCUT2D eigenvalue weighted by molar-refractivity contribution is 6.00. The lowest BCUT2D eigenvalue weighted by Crippen LogP contribution is -2.52. The monoisotopic (exact) mass is 316 g/mol. The topological polar surface area (TPSA) is 78.7 Å². The van der Waals surface area contributed by atoms with Crippen LogP contribution < -0.4 is 11.1 Å². The van der Waals surface area contributed by atoms with Crippen molar-refractivity contribution < 1.29 is 9.59 Å². The molecule has 1 heterocycles. The van der Waals surface area contributed by atoms with E-state index in [9.17, 15) is 9.59 Å². The second kappa shape index (κ2) is 7.28. The molecular weight excluding hydrogens is 292 g/mol. The van der Waals surface area contributed by atoms with Gasteiger partial charge in [-0.05, 0) is 30.7 Å². The molecule has 1 atom stereocenters. The molecule has 1 saturated heterocycles. The maximum Gasteiger partial charge on any atom is 0.247 e. The van der Waals surface area contributed by atoms with Gasteiger partial charge in [-0.2, -0.15) is 0 Å². The summed E-state index contributed by atoms with van der Waals surface area (Å²) < 4.78 is 0. The Labute approximate surface area is 136 Å². The van der Waals surface area contributed by atoms with Gasteiger partial charge in [0.15, 0.2) is 0 Å². The molecule has 23 heavy (non-hydrogen) atoms. The van der Waals surface area contributed by atoms with Crippen LogP contribution in [0.15, 0.2) is 30.9 Å². The summed E-state index contributed by atoms with van der Waals surface area (Å²) in [4.78, 5) is 27.1. The van der Waals surface area contributed by atoms with E-state index >= 15 is 0 Å². The molecular formula is C17H24N4O2. The van der Waals surface area contributed by atoms with Crippen molar-refractivity contribution >= 4 is 23.2 Å². The van der Waals surface area contributed by atoms with Gasteiger partial charge >= 0.3 is 0 Å². The highest BCUT2D eigenvalue weighted by atomic mass is 16.2. The van der Waals surface area contributed by atoms with Crippen LogP contribution >= 0.6 is 0 Å². The van der Waals surface area contributed by atoms with Crippen LogP contribution in [-0.2, 0) is 16.1 Å². The second-order valence-corrected chi connectivity index (χ2v) is 5.90. The molecule has 1 aromatic rings. The summed E-state index contributed by atoms with van der Waals surface area (Å²) >= 11 is 0. The normalized spacial score (nSPS) is 18.5. The van der Waals surface area contributed by atoms with Crippen molar-refractivity contribution in [3.63, 3.8) is 0 Å². The summed E-state index contributed by atoms with van der Waals surface area (Å²) in [6, 6.07) is 5.94. The van der Waals surface area contributed by atoms with E-state index in [2.05, 4.69) is 23.7 Å². The van der Waals surface area contributed by atoms with E-state index in [1.54, 1.807) is 13.0 Å². The highest BCUT2D eigenvalue weighted by Gasteiger charge is 2.25. The number of piperazine rings is 1. The summed E-state index contributed by atoms with van der Waals surface area (Å²) in [5.41, 5.74) is 8.09. The first kappa shape index (κ1) is 17.0. The van der Waals surface area contributed by atoms with Crippen LogP contribution in [0.2, 0.25) is 0 Å². The Kier molecular flexibility index (Phi) is 5.39. The molecule has 6 heteroatoms. The average molecular weight is 316 g/mol. The van der Waals surface area contributed by atoms with E-state index < -0.39 is 0 Å². The smallest absolute Gasteiger partial charge is 0.247 e. The third-order valence-corrected chi connectivity index (χ3v) is 4.16. The molecule has 1 fully saturated rings. The third kappa shape index (κ3) is 4.32. The highest BCUT2D eigenvalue weighted by Crippen LogP contribution is 2.22. The molecule has 1 unspecified atom stereocenters. The molecule has 124 valence electrons. The van der Waals surface area contributed by atoms with Crippen LogP contribution in [0.4, 0.5) is 11.4 Å². The Bertz CT molecular complexity index is 615. The molecule has 0 spiro atoms. The number of nitrogens with one attached hydrogen (secondary N) is 1. The van der Waals surface area contributed by atoms with E-state index in [0.717, 1.165) is 31.7 Å². The molecule has 0 radical (unpaired) electrons. The number of benzene rings is 1. The van der Waals surface area contributed by atoms with Crippen LogP contribution in [-0.4, -0.2) is 47.3 Å². The molecule has 3 N–H and O–H groups in total. The molecule has 1 aliphatic heterocycles. The van der Waals surface area contributed by atoms with Gasteiger partial charge in [0, 0.05) is 39.1 Å². The van der Waals surface area contributed by atoms with Crippen molar-refractivity contribution in [3.05, 3.63) is 36.4 Å². The number of carbonyl (C=O) groups excluding carboxylic acids is 2. The van der Waals surface area contributed by atoms with E-state index in [1.807, 2.05) is 17.0 Å². The van der Waals surface area contributed by atoms with Crippen molar-refractivity contribution in [1.29, 1.82) is 0 Å². The van der Waals surface area contributed by atoms with Gasteiger partial charge in [-0.15, -0.1) is 0 Å². The van der Waals surface area contributed by atoms with Crippen molar-refractivity contribution in [2.75, 3.05) is 30.7 Å². The zero-order valence-corrected chi connectivity index (χ0v) is 13.7. The molecule has 2 rings (SSSR count). The molecule has 1 aromatic carbocycles. The predicted octanol–water partition coefficient (Wildman–Crippen LogP) is 1.45. The Morgan fingerprint density at radius 1 is 1.43 bits per heavy atom. The number of amides is 2. The number of hydrogen-bond donors (Lipinski definition) is 2. The predicted molar refractivity (Wildman–Crippen MR) is 91.8 cm³/mol. The fraction of sp³-hybridized carbons (Fsp3) is 0.412. The zero-order valence-electron chi connectivity index (χ0n) is 13.7. The van der Waals surface area contributed by atoms with Crippen molar-refractivity contribution in [2.45, 2.75) is 26.4 Å². The van der Waals surface area contributed by atoms with E-state index in [4.69, 9.17) is 5.73 Å². The molecule has 1 aliphatic rings. The van der Waals surface area contributed by atoms with E-state index in [-0.39, 0.29) is 17.9 Å². The number of carbonyl (C=O) groups is 2. The number of hydrogen-bond acceptors (Lipinski definition) is 4. The van der Waals surface area contributed by atoms with Gasteiger partial charge in [0.05, 0.1) is 11.4 Å². The summed E-state index contributed by atoms with van der Waals surface area (Å²) in [7, 11) is 0. The van der Waals surface area contributed by atoms with Crippen LogP contribution in [0.25, 0.3) is 0 Å². The van der Waals surface area contributed by atoms with Gasteiger partial charge in [0.2, 0.25) is 11.8 Å². The number of nitrogens with two attached hydrogens (primary N) is 1. The minimum Gasteiger partial charge on any atom is -0.397 e. The Balaban J connectivity index is 2.05. The second-order valence-electron chi connectivity index (χ2n) is 5.90. The first-order chi connectivity index (χ1) is 10.9. The molecule has 2 amide bonds. The van der Waals surface area contributed by atoms with Crippen LogP contribution in [0.5, 0.6) is 0 Å². The third-order valence-electron chi connectivity index (χ3n) is 4.16. The van der Waals surface area contributed by atoms with Gasteiger partial charge in [-0.25, -0.2) is 0 Å². The van der Waals surface area contributed by atoms with Crippen molar-refractivity contribution in [3.8, 4) is 0 Å². The summed E-state index contributed by atoms with van der Waals surface area (Å²) in [5.74, 6) is -0.157. The minimum absolute atomic E-state index is 0.124. The lowest BCUT2D eigenvalue weighted by atomic mass is 10.1.